The fraction of sp³-hybridized carbons (Fsp3) is 0.440. The highest BCUT2D eigenvalue weighted by molar-refractivity contribution is 7.08. The molecule has 0 radical (unpaired) electrons. The zero-order valence-corrected chi connectivity index (χ0v) is 20.4. The molecule has 0 fully saturated rings. The molecule has 0 saturated heterocycles. The molecule has 0 saturated carbocycles. The van der Waals surface area contributed by atoms with Crippen LogP contribution in [-0.4, -0.2) is 35.2 Å². The van der Waals surface area contributed by atoms with E-state index in [1.54, 1.807) is 18.4 Å². The van der Waals surface area contributed by atoms with Crippen molar-refractivity contribution in [2.24, 2.45) is 5.41 Å². The Morgan fingerprint density at radius 1 is 1.25 bits per heavy atom. The summed E-state index contributed by atoms with van der Waals surface area (Å²) in [6, 6.07) is 6.11. The van der Waals surface area contributed by atoms with Gasteiger partial charge in [0.25, 0.3) is 5.91 Å². The zero-order valence-electron chi connectivity index (χ0n) is 19.6. The number of benzene rings is 1. The Balaban J connectivity index is 1.86. The number of nitrogens with zero attached hydrogens (tertiary/aromatic N) is 2. The zero-order chi connectivity index (χ0) is 23.0. The minimum atomic E-state index is -0.124. The number of rotatable bonds is 6. The van der Waals surface area contributed by atoms with Gasteiger partial charge in [-0.2, -0.15) is 11.3 Å². The van der Waals surface area contributed by atoms with Crippen LogP contribution in [0.3, 0.4) is 0 Å². The Kier molecular flexibility index (Phi) is 6.03. The van der Waals surface area contributed by atoms with Crippen LogP contribution in [0.2, 0.25) is 0 Å². The first-order valence-corrected chi connectivity index (χ1v) is 11.9. The van der Waals surface area contributed by atoms with Gasteiger partial charge in [-0.3, -0.25) is 9.36 Å². The largest absolute Gasteiger partial charge is 0.493 e. The SMILES string of the molecule is COc1cc2c(cc1OC(C)C)-n1c(-c3ccsc3)nc(C(=O)NCC(C)(C)C)c1CC2. The number of carbonyl (C=O) groups is 1. The van der Waals surface area contributed by atoms with Gasteiger partial charge in [0.05, 0.1) is 24.6 Å². The summed E-state index contributed by atoms with van der Waals surface area (Å²) < 4.78 is 13.8. The number of methoxy groups -OCH3 is 1. The van der Waals surface area contributed by atoms with E-state index in [0.29, 0.717) is 18.0 Å². The number of fused-ring (bicyclic) bond motifs is 3. The van der Waals surface area contributed by atoms with Crippen molar-refractivity contribution in [1.29, 1.82) is 0 Å². The van der Waals surface area contributed by atoms with Crippen LogP contribution < -0.4 is 14.8 Å². The van der Waals surface area contributed by atoms with E-state index in [1.165, 1.54) is 0 Å². The highest BCUT2D eigenvalue weighted by Gasteiger charge is 2.30. The molecule has 4 rings (SSSR count). The number of hydrogen-bond acceptors (Lipinski definition) is 5. The molecule has 7 heteroatoms. The summed E-state index contributed by atoms with van der Waals surface area (Å²) in [5, 5.41) is 7.16. The fourth-order valence-corrected chi connectivity index (χ4v) is 4.53. The molecular formula is C25H31N3O3S. The molecule has 2 aromatic heterocycles. The maximum Gasteiger partial charge on any atom is 0.271 e. The van der Waals surface area contributed by atoms with Crippen LogP contribution in [0.15, 0.2) is 29.0 Å². The number of thiophene rings is 1. The predicted octanol–water partition coefficient (Wildman–Crippen LogP) is 5.27. The topological polar surface area (TPSA) is 65.4 Å². The highest BCUT2D eigenvalue weighted by Crippen LogP contribution is 2.40. The highest BCUT2D eigenvalue weighted by atomic mass is 32.1. The van der Waals surface area contributed by atoms with E-state index in [0.717, 1.165) is 46.9 Å². The third-order valence-corrected chi connectivity index (χ3v) is 6.03. The molecule has 0 atom stereocenters. The van der Waals surface area contributed by atoms with Crippen molar-refractivity contribution in [3.63, 3.8) is 0 Å². The Bertz CT molecular complexity index is 1120. The second-order valence-corrected chi connectivity index (χ2v) is 10.4. The van der Waals surface area contributed by atoms with E-state index < -0.39 is 0 Å². The number of ether oxygens (including phenoxy) is 2. The Morgan fingerprint density at radius 3 is 2.66 bits per heavy atom. The lowest BCUT2D eigenvalue weighted by Crippen LogP contribution is -2.33. The van der Waals surface area contributed by atoms with Crippen LogP contribution in [0.4, 0.5) is 0 Å². The van der Waals surface area contributed by atoms with E-state index in [4.69, 9.17) is 14.5 Å². The molecule has 1 amide bonds. The van der Waals surface area contributed by atoms with Crippen molar-refractivity contribution in [3.8, 4) is 28.6 Å². The molecule has 6 nitrogen and oxygen atoms in total. The van der Waals surface area contributed by atoms with Crippen molar-refractivity contribution in [3.05, 3.63) is 45.9 Å². The van der Waals surface area contributed by atoms with Crippen LogP contribution >= 0.6 is 11.3 Å². The molecule has 1 aliphatic rings. The summed E-state index contributed by atoms with van der Waals surface area (Å²) in [5.41, 5.74) is 4.58. The van der Waals surface area contributed by atoms with E-state index in [-0.39, 0.29) is 17.4 Å². The summed E-state index contributed by atoms with van der Waals surface area (Å²) >= 11 is 1.62. The van der Waals surface area contributed by atoms with Gasteiger partial charge in [-0.05, 0) is 55.2 Å². The first-order chi connectivity index (χ1) is 15.2. The van der Waals surface area contributed by atoms with E-state index in [1.807, 2.05) is 37.4 Å². The van der Waals surface area contributed by atoms with Gasteiger partial charge in [0.15, 0.2) is 11.5 Å². The quantitative estimate of drug-likeness (QED) is 0.552. The van der Waals surface area contributed by atoms with Crippen molar-refractivity contribution in [2.75, 3.05) is 13.7 Å². The van der Waals surface area contributed by atoms with Crippen molar-refractivity contribution < 1.29 is 14.3 Å². The van der Waals surface area contributed by atoms with E-state index >= 15 is 0 Å². The monoisotopic (exact) mass is 453 g/mol. The summed E-state index contributed by atoms with van der Waals surface area (Å²) in [6.07, 6.45) is 1.56. The van der Waals surface area contributed by atoms with Crippen LogP contribution in [0.5, 0.6) is 11.5 Å². The molecule has 32 heavy (non-hydrogen) atoms. The molecule has 1 N–H and O–H groups in total. The number of carbonyl (C=O) groups excluding carboxylic acids is 1. The molecule has 1 aromatic carbocycles. The van der Waals surface area contributed by atoms with Gasteiger partial charge >= 0.3 is 0 Å². The maximum atomic E-state index is 13.1. The number of aryl methyl sites for hydroxylation is 1. The summed E-state index contributed by atoms with van der Waals surface area (Å²) in [4.78, 5) is 18.0. The summed E-state index contributed by atoms with van der Waals surface area (Å²) in [7, 11) is 1.66. The lowest BCUT2D eigenvalue weighted by atomic mass is 9.96. The van der Waals surface area contributed by atoms with Crippen molar-refractivity contribution >= 4 is 17.2 Å². The average Bonchev–Trinajstić information content (AvgIpc) is 3.38. The third-order valence-electron chi connectivity index (χ3n) is 5.35. The number of imidazole rings is 1. The van der Waals surface area contributed by atoms with Crippen molar-refractivity contribution in [1.82, 2.24) is 14.9 Å². The van der Waals surface area contributed by atoms with Crippen molar-refractivity contribution in [2.45, 2.75) is 53.6 Å². The number of nitrogens with one attached hydrogen (secondary N) is 1. The van der Waals surface area contributed by atoms with Crippen LogP contribution in [0, 0.1) is 5.41 Å². The second-order valence-electron chi connectivity index (χ2n) is 9.62. The average molecular weight is 454 g/mol. The molecule has 0 unspecified atom stereocenters. The third kappa shape index (κ3) is 4.39. The Hall–Kier alpha value is -2.80. The van der Waals surface area contributed by atoms with Gasteiger partial charge in [0, 0.05) is 23.6 Å². The molecule has 3 aromatic rings. The summed E-state index contributed by atoms with van der Waals surface area (Å²) in [6.45, 7) is 10.9. The van der Waals surface area contributed by atoms with E-state index in [2.05, 4.69) is 36.0 Å². The van der Waals surface area contributed by atoms with Gasteiger partial charge in [0.2, 0.25) is 0 Å². The molecule has 0 bridgehead atoms. The van der Waals surface area contributed by atoms with Gasteiger partial charge in [-0.15, -0.1) is 0 Å². The maximum absolute atomic E-state index is 13.1. The van der Waals surface area contributed by atoms with Gasteiger partial charge in [-0.1, -0.05) is 20.8 Å². The van der Waals surface area contributed by atoms with Gasteiger partial charge in [0.1, 0.15) is 11.5 Å². The predicted molar refractivity (Wildman–Crippen MR) is 128 cm³/mol. The molecule has 3 heterocycles. The number of aromatic nitrogens is 2. The Labute approximate surface area is 193 Å². The van der Waals surface area contributed by atoms with Crippen LogP contribution in [0.25, 0.3) is 17.1 Å². The molecule has 1 aliphatic heterocycles. The lowest BCUT2D eigenvalue weighted by Gasteiger charge is -2.24. The second kappa shape index (κ2) is 8.62. The minimum Gasteiger partial charge on any atom is -0.493 e. The fourth-order valence-electron chi connectivity index (χ4n) is 3.90. The number of hydrogen-bond donors (Lipinski definition) is 1. The van der Waals surface area contributed by atoms with Crippen LogP contribution in [0.1, 0.15) is 56.4 Å². The molecule has 0 aliphatic carbocycles. The first-order valence-electron chi connectivity index (χ1n) is 11.0. The number of amides is 1. The minimum absolute atomic E-state index is 0.00210. The van der Waals surface area contributed by atoms with Crippen LogP contribution in [-0.2, 0) is 12.8 Å². The molecular weight excluding hydrogens is 422 g/mol. The van der Waals surface area contributed by atoms with Gasteiger partial charge < -0.3 is 14.8 Å². The standard InChI is InChI=1S/C25H31N3O3S/c1-15(2)31-21-12-19-16(11-20(21)30-6)7-8-18-22(24(29)26-14-25(3,4)5)27-23(28(18)19)17-9-10-32-13-17/h9-13,15H,7-8,14H2,1-6H3,(H,26,29). The lowest BCUT2D eigenvalue weighted by molar-refractivity contribution is 0.0933. The Morgan fingerprint density at radius 2 is 2.03 bits per heavy atom. The van der Waals surface area contributed by atoms with Gasteiger partial charge in [-0.25, -0.2) is 4.98 Å². The molecule has 0 spiro atoms. The first kappa shape index (κ1) is 22.4. The summed E-state index contributed by atoms with van der Waals surface area (Å²) in [5.74, 6) is 2.07. The molecule has 170 valence electrons. The van der Waals surface area contributed by atoms with E-state index in [9.17, 15) is 4.79 Å². The smallest absolute Gasteiger partial charge is 0.271 e. The normalized spacial score (nSPS) is 13.0.